The summed E-state index contributed by atoms with van der Waals surface area (Å²) in [6.45, 7) is 16.0. The third-order valence-corrected chi connectivity index (χ3v) is 9.30. The van der Waals surface area contributed by atoms with E-state index < -0.39 is 0 Å². The molecule has 51 heavy (non-hydrogen) atoms. The fraction of sp³-hybridized carbons (Fsp3) is 0.289. The molecule has 0 aliphatic carbocycles. The Bertz CT molecular complexity index is 2260. The summed E-state index contributed by atoms with van der Waals surface area (Å²) in [5.41, 5.74) is 9.71. The molecule has 0 unspecified atom stereocenters. The smallest absolute Gasteiger partial charge is 0.509 e. The molecule has 5 nitrogen and oxygen atoms in total. The molecule has 0 bridgehead atoms. The van der Waals surface area contributed by atoms with Gasteiger partial charge in [-0.3, -0.25) is 4.68 Å². The zero-order chi connectivity index (χ0) is 35.0. The van der Waals surface area contributed by atoms with E-state index in [1.807, 2.05) is 47.4 Å². The Hall–Kier alpha value is -4.47. The first-order chi connectivity index (χ1) is 23.9. The number of nitrogens with zero attached hydrogens (tertiary/aromatic N) is 4. The summed E-state index contributed by atoms with van der Waals surface area (Å²) in [6.07, 6.45) is 10.3. The second kappa shape index (κ2) is 14.6. The maximum Gasteiger partial charge on any atom is 2.00 e. The van der Waals surface area contributed by atoms with E-state index in [2.05, 4.69) is 126 Å². The molecule has 7 rings (SSSR count). The van der Waals surface area contributed by atoms with Gasteiger partial charge in [-0.1, -0.05) is 83.5 Å². The van der Waals surface area contributed by atoms with Gasteiger partial charge in [0.2, 0.25) is 0 Å². The van der Waals surface area contributed by atoms with E-state index in [4.69, 9.17) is 14.8 Å². The zero-order valence-electron chi connectivity index (χ0n) is 30.7. The summed E-state index contributed by atoms with van der Waals surface area (Å²) >= 11 is 0. The maximum absolute atomic E-state index is 6.43. The van der Waals surface area contributed by atoms with Crippen molar-refractivity contribution in [2.75, 3.05) is 0 Å². The van der Waals surface area contributed by atoms with Crippen LogP contribution in [0.15, 0.2) is 104 Å². The van der Waals surface area contributed by atoms with Crippen LogP contribution in [0.3, 0.4) is 0 Å². The Morgan fingerprint density at radius 1 is 0.725 bits per heavy atom. The van der Waals surface area contributed by atoms with Gasteiger partial charge in [0.25, 0.3) is 0 Å². The van der Waals surface area contributed by atoms with E-state index in [0.717, 1.165) is 70.1 Å². The van der Waals surface area contributed by atoms with Crippen molar-refractivity contribution in [1.29, 1.82) is 0 Å². The largest absolute Gasteiger partial charge is 2.00 e. The Balaban J connectivity index is 0.00000448. The van der Waals surface area contributed by atoms with Gasteiger partial charge in [-0.25, -0.2) is 4.98 Å². The van der Waals surface area contributed by atoms with Crippen LogP contribution in [0.2, 0.25) is 0 Å². The molecule has 262 valence electrons. The SMILES string of the molecule is Cc1ccnc(-n2c3[c-]c(Oc4[c-]c(-n5cc(-c6c(CCC(C)(C)C)cccc6CCC(C)(C)C)cn5)ccc4)ccc3c3ccccc32)c1.[Pt+2]. The second-order valence-corrected chi connectivity index (χ2v) is 15.9. The van der Waals surface area contributed by atoms with Crippen LogP contribution in [-0.4, -0.2) is 19.3 Å². The number of hydrogen-bond donors (Lipinski definition) is 0. The van der Waals surface area contributed by atoms with E-state index >= 15 is 0 Å². The van der Waals surface area contributed by atoms with Gasteiger partial charge in [-0.15, -0.1) is 35.7 Å². The van der Waals surface area contributed by atoms with Crippen molar-refractivity contribution in [3.63, 3.8) is 0 Å². The molecule has 0 aliphatic heterocycles. The molecular weight excluding hydrogens is 808 g/mol. The fourth-order valence-corrected chi connectivity index (χ4v) is 6.61. The Morgan fingerprint density at radius 3 is 2.12 bits per heavy atom. The zero-order valence-corrected chi connectivity index (χ0v) is 32.9. The third-order valence-electron chi connectivity index (χ3n) is 9.30. The monoisotopic (exact) mass is 853 g/mol. The minimum absolute atomic E-state index is 0. The topological polar surface area (TPSA) is 44.9 Å². The summed E-state index contributed by atoms with van der Waals surface area (Å²) in [7, 11) is 0. The van der Waals surface area contributed by atoms with Crippen molar-refractivity contribution in [1.82, 2.24) is 19.3 Å². The number of ether oxygens (including phenoxy) is 1. The minimum atomic E-state index is 0. The van der Waals surface area contributed by atoms with Gasteiger partial charge in [0.1, 0.15) is 5.82 Å². The van der Waals surface area contributed by atoms with Gasteiger partial charge in [-0.05, 0) is 95.0 Å². The number of benzene rings is 4. The van der Waals surface area contributed by atoms with Gasteiger partial charge < -0.3 is 9.30 Å². The van der Waals surface area contributed by atoms with Crippen LogP contribution in [0.25, 0.3) is 44.4 Å². The normalized spacial score (nSPS) is 12.0. The average molecular weight is 854 g/mol. The summed E-state index contributed by atoms with van der Waals surface area (Å²) in [4.78, 5) is 4.70. The molecule has 0 N–H and O–H groups in total. The number of rotatable bonds is 9. The van der Waals surface area contributed by atoms with E-state index in [9.17, 15) is 0 Å². The molecule has 0 saturated carbocycles. The minimum Gasteiger partial charge on any atom is -0.509 e. The molecular formula is C45H46N4OPt. The first kappa shape index (κ1) is 36.3. The first-order valence-corrected chi connectivity index (χ1v) is 17.7. The van der Waals surface area contributed by atoms with E-state index in [0.29, 0.717) is 11.5 Å². The fourth-order valence-electron chi connectivity index (χ4n) is 6.61. The average Bonchev–Trinajstić information content (AvgIpc) is 3.69. The number of pyridine rings is 1. The molecule has 0 atom stereocenters. The molecule has 0 aliphatic rings. The van der Waals surface area contributed by atoms with Gasteiger partial charge in [0.05, 0.1) is 6.20 Å². The Labute approximate surface area is 317 Å². The number of hydrogen-bond acceptors (Lipinski definition) is 3. The van der Waals surface area contributed by atoms with E-state index in [-0.39, 0.29) is 31.9 Å². The van der Waals surface area contributed by atoms with Crippen molar-refractivity contribution in [2.45, 2.75) is 74.1 Å². The number of para-hydroxylation sites is 1. The predicted molar refractivity (Wildman–Crippen MR) is 206 cm³/mol. The molecule has 7 aromatic rings. The standard InChI is InChI=1S/C45H46N4O.Pt/c1-31-22-25-46-42(26-31)49-40-17-9-8-16-38(40)39-19-18-37(28-41(39)49)50-36-15-11-14-35(27-36)48-30-34(29-47-48)43-32(20-23-44(2,3)4)12-10-13-33(43)21-24-45(5,6)7;/h8-19,22,25-26,29-30H,20-21,23-24H2,1-7H3;/q-2;+2. The van der Waals surface area contributed by atoms with Crippen molar-refractivity contribution in [3.05, 3.63) is 132 Å². The quantitative estimate of drug-likeness (QED) is 0.136. The number of fused-ring (bicyclic) bond motifs is 3. The third kappa shape index (κ3) is 8.21. The molecule has 0 radical (unpaired) electrons. The van der Waals surface area contributed by atoms with Crippen molar-refractivity contribution in [2.24, 2.45) is 10.8 Å². The van der Waals surface area contributed by atoms with Gasteiger partial charge in [0, 0.05) is 35.0 Å². The van der Waals surface area contributed by atoms with Gasteiger partial charge in [0.15, 0.2) is 0 Å². The Kier molecular flexibility index (Phi) is 10.4. The van der Waals surface area contributed by atoms with E-state index in [1.165, 1.54) is 16.7 Å². The van der Waals surface area contributed by atoms with Crippen LogP contribution in [-0.2, 0) is 33.9 Å². The Morgan fingerprint density at radius 2 is 1.41 bits per heavy atom. The predicted octanol–water partition coefficient (Wildman–Crippen LogP) is 11.7. The van der Waals surface area contributed by atoms with Crippen molar-refractivity contribution < 1.29 is 25.8 Å². The molecule has 4 aromatic carbocycles. The molecule has 6 heteroatoms. The van der Waals surface area contributed by atoms with Crippen LogP contribution in [0, 0.1) is 29.9 Å². The number of aromatic nitrogens is 4. The molecule has 0 saturated heterocycles. The summed E-state index contributed by atoms with van der Waals surface area (Å²) in [5, 5.41) is 7.09. The first-order valence-electron chi connectivity index (χ1n) is 17.7. The van der Waals surface area contributed by atoms with Crippen LogP contribution in [0.1, 0.15) is 71.1 Å². The molecule has 0 amide bonds. The van der Waals surface area contributed by atoms with Crippen LogP contribution in [0.5, 0.6) is 11.5 Å². The molecule has 3 heterocycles. The van der Waals surface area contributed by atoms with Crippen LogP contribution >= 0.6 is 0 Å². The molecule has 3 aromatic heterocycles. The summed E-state index contributed by atoms with van der Waals surface area (Å²) in [6, 6.07) is 36.3. The maximum atomic E-state index is 6.43. The van der Waals surface area contributed by atoms with E-state index in [1.54, 1.807) is 0 Å². The van der Waals surface area contributed by atoms with Crippen molar-refractivity contribution >= 4 is 21.8 Å². The molecule has 0 spiro atoms. The van der Waals surface area contributed by atoms with Gasteiger partial charge >= 0.3 is 21.1 Å². The second-order valence-electron chi connectivity index (χ2n) is 15.9. The summed E-state index contributed by atoms with van der Waals surface area (Å²) in [5.74, 6) is 2.07. The summed E-state index contributed by atoms with van der Waals surface area (Å²) < 4.78 is 10.5. The van der Waals surface area contributed by atoms with Crippen LogP contribution < -0.4 is 4.74 Å². The molecule has 0 fully saturated rings. The number of aryl methyl sites for hydroxylation is 3. The van der Waals surface area contributed by atoms with Crippen molar-refractivity contribution in [3.8, 4) is 34.1 Å². The van der Waals surface area contributed by atoms with Gasteiger partial charge in [-0.2, -0.15) is 17.2 Å². The van der Waals surface area contributed by atoms with Crippen LogP contribution in [0.4, 0.5) is 0 Å².